The van der Waals surface area contributed by atoms with Crippen molar-refractivity contribution in [2.45, 2.75) is 6.42 Å². The second-order valence-corrected chi connectivity index (χ2v) is 5.41. The van der Waals surface area contributed by atoms with E-state index in [9.17, 15) is 4.79 Å². The van der Waals surface area contributed by atoms with Gasteiger partial charge in [0.1, 0.15) is 0 Å². The van der Waals surface area contributed by atoms with Crippen LogP contribution in [0.1, 0.15) is 17.0 Å². The van der Waals surface area contributed by atoms with E-state index in [1.807, 2.05) is 48.5 Å². The highest BCUT2D eigenvalue weighted by Crippen LogP contribution is 2.16. The highest BCUT2D eigenvalue weighted by atomic mass is 35.5. The van der Waals surface area contributed by atoms with Gasteiger partial charge in [0.25, 0.3) is 5.91 Å². The van der Waals surface area contributed by atoms with Gasteiger partial charge < -0.3 is 4.42 Å². The molecule has 3 rings (SSSR count). The molecule has 24 heavy (non-hydrogen) atoms. The van der Waals surface area contributed by atoms with Crippen molar-refractivity contribution in [3.05, 3.63) is 82.7 Å². The van der Waals surface area contributed by atoms with Crippen LogP contribution < -0.4 is 5.32 Å². The fourth-order valence-corrected chi connectivity index (χ4v) is 2.27. The first-order valence-corrected chi connectivity index (χ1v) is 7.68. The van der Waals surface area contributed by atoms with Crippen LogP contribution in [0, 0.1) is 0 Å². The monoisotopic (exact) mass is 339 g/mol. The first kappa shape index (κ1) is 16.0. The van der Waals surface area contributed by atoms with Crippen molar-refractivity contribution in [2.75, 3.05) is 5.32 Å². The lowest BCUT2D eigenvalue weighted by molar-refractivity contribution is -0.112. The summed E-state index contributed by atoms with van der Waals surface area (Å²) in [6, 6.07) is 17.1. The van der Waals surface area contributed by atoms with Crippen molar-refractivity contribution in [2.24, 2.45) is 0 Å². The van der Waals surface area contributed by atoms with Gasteiger partial charge in [-0.1, -0.05) is 65.2 Å². The zero-order chi connectivity index (χ0) is 16.8. The molecule has 2 aromatic carbocycles. The molecule has 1 N–H and O–H groups in total. The number of anilines is 1. The third-order valence-electron chi connectivity index (χ3n) is 3.21. The van der Waals surface area contributed by atoms with Crippen molar-refractivity contribution in [3.63, 3.8) is 0 Å². The predicted octanol–water partition coefficient (Wildman–Crippen LogP) is 3.97. The molecule has 0 fully saturated rings. The van der Waals surface area contributed by atoms with Gasteiger partial charge in [-0.25, -0.2) is 0 Å². The van der Waals surface area contributed by atoms with Gasteiger partial charge in [-0.05, 0) is 23.3 Å². The van der Waals surface area contributed by atoms with E-state index in [0.717, 1.165) is 11.1 Å². The molecular formula is C18H14ClN3O2. The number of nitrogens with zero attached hydrogens (tertiary/aromatic N) is 2. The minimum atomic E-state index is -0.371. The average molecular weight is 340 g/mol. The summed E-state index contributed by atoms with van der Waals surface area (Å²) in [6.07, 6.45) is 3.50. The molecule has 0 bridgehead atoms. The summed E-state index contributed by atoms with van der Waals surface area (Å²) in [6.45, 7) is 0. The van der Waals surface area contributed by atoms with Gasteiger partial charge in [0.05, 0.1) is 6.42 Å². The summed E-state index contributed by atoms with van der Waals surface area (Å²) in [5.74, 6) is 0.0661. The Bertz CT molecular complexity index is 859. The third kappa shape index (κ3) is 4.30. The molecule has 0 aliphatic rings. The minimum Gasteiger partial charge on any atom is -0.407 e. The Kier molecular flexibility index (Phi) is 5.03. The van der Waals surface area contributed by atoms with Crippen molar-refractivity contribution in [1.29, 1.82) is 0 Å². The average Bonchev–Trinajstić information content (AvgIpc) is 3.02. The molecule has 0 radical (unpaired) electrons. The molecule has 0 spiro atoms. The van der Waals surface area contributed by atoms with E-state index in [-0.39, 0.29) is 11.9 Å². The van der Waals surface area contributed by atoms with Crippen LogP contribution in [-0.2, 0) is 11.2 Å². The normalized spacial score (nSPS) is 10.9. The molecule has 0 unspecified atom stereocenters. The number of rotatable bonds is 5. The number of carbonyl (C=O) groups is 1. The number of amides is 1. The molecule has 1 heterocycles. The molecule has 0 aliphatic heterocycles. The lowest BCUT2D eigenvalue weighted by Crippen LogP contribution is -2.07. The van der Waals surface area contributed by atoms with Gasteiger partial charge in [-0.2, -0.15) is 0 Å². The summed E-state index contributed by atoms with van der Waals surface area (Å²) < 4.78 is 5.42. The summed E-state index contributed by atoms with van der Waals surface area (Å²) >= 11 is 6.02. The van der Waals surface area contributed by atoms with Gasteiger partial charge in [0.15, 0.2) is 0 Å². The largest absolute Gasteiger partial charge is 0.407 e. The van der Waals surface area contributed by atoms with Crippen molar-refractivity contribution in [3.8, 4) is 0 Å². The van der Waals surface area contributed by atoms with Crippen LogP contribution in [0.5, 0.6) is 0 Å². The third-order valence-corrected chi connectivity index (χ3v) is 3.56. The fraction of sp³-hybridized carbons (Fsp3) is 0.0556. The van der Waals surface area contributed by atoms with Crippen LogP contribution in [-0.4, -0.2) is 16.1 Å². The van der Waals surface area contributed by atoms with E-state index in [0.29, 0.717) is 17.3 Å². The van der Waals surface area contributed by atoms with Crippen LogP contribution in [0.25, 0.3) is 6.08 Å². The van der Waals surface area contributed by atoms with Crippen LogP contribution in [0.2, 0.25) is 5.02 Å². The second kappa shape index (κ2) is 7.57. The maximum Gasteiger partial charge on any atom is 0.322 e. The number of hydrogen-bond donors (Lipinski definition) is 1. The maximum atomic E-state index is 11.9. The molecule has 1 amide bonds. The number of nitrogens with one attached hydrogen (secondary N) is 1. The van der Waals surface area contributed by atoms with Gasteiger partial charge >= 0.3 is 6.01 Å². The summed E-state index contributed by atoms with van der Waals surface area (Å²) in [5.41, 5.74) is 1.81. The lowest BCUT2D eigenvalue weighted by atomic mass is 10.2. The maximum absolute atomic E-state index is 11.9. The zero-order valence-electron chi connectivity index (χ0n) is 12.6. The SMILES string of the molecule is O=C(C=Cc1ccccc1Cl)Nc1nnc(Cc2ccccc2)o1. The zero-order valence-corrected chi connectivity index (χ0v) is 13.4. The van der Waals surface area contributed by atoms with E-state index in [1.165, 1.54) is 6.08 Å². The van der Waals surface area contributed by atoms with Crippen LogP contribution >= 0.6 is 11.6 Å². The number of hydrogen-bond acceptors (Lipinski definition) is 4. The Morgan fingerprint density at radius 2 is 1.83 bits per heavy atom. The minimum absolute atomic E-state index is 0.0646. The molecule has 1 aromatic heterocycles. The first-order chi connectivity index (χ1) is 11.7. The van der Waals surface area contributed by atoms with Crippen molar-refractivity contribution < 1.29 is 9.21 Å². The van der Waals surface area contributed by atoms with E-state index in [4.69, 9.17) is 16.0 Å². The number of benzene rings is 2. The first-order valence-electron chi connectivity index (χ1n) is 7.30. The molecule has 0 saturated carbocycles. The predicted molar refractivity (Wildman–Crippen MR) is 92.7 cm³/mol. The molecule has 5 nitrogen and oxygen atoms in total. The van der Waals surface area contributed by atoms with Gasteiger partial charge in [-0.3, -0.25) is 10.1 Å². The quantitative estimate of drug-likeness (QED) is 0.714. The van der Waals surface area contributed by atoms with E-state index in [1.54, 1.807) is 12.1 Å². The molecule has 3 aromatic rings. The van der Waals surface area contributed by atoms with E-state index >= 15 is 0 Å². The Morgan fingerprint density at radius 1 is 1.08 bits per heavy atom. The highest BCUT2D eigenvalue weighted by Gasteiger charge is 2.08. The van der Waals surface area contributed by atoms with Crippen LogP contribution in [0.4, 0.5) is 6.01 Å². The topological polar surface area (TPSA) is 68.0 Å². The Balaban J connectivity index is 1.60. The molecule has 0 atom stereocenters. The van der Waals surface area contributed by atoms with Crippen molar-refractivity contribution >= 4 is 29.6 Å². The van der Waals surface area contributed by atoms with Crippen molar-refractivity contribution in [1.82, 2.24) is 10.2 Å². The highest BCUT2D eigenvalue weighted by molar-refractivity contribution is 6.32. The van der Waals surface area contributed by atoms with E-state index in [2.05, 4.69) is 15.5 Å². The molecule has 6 heteroatoms. The fourth-order valence-electron chi connectivity index (χ4n) is 2.07. The van der Waals surface area contributed by atoms with Gasteiger partial charge in [-0.15, -0.1) is 5.10 Å². The number of halogens is 1. The van der Waals surface area contributed by atoms with Gasteiger partial charge in [0, 0.05) is 11.1 Å². The smallest absolute Gasteiger partial charge is 0.322 e. The molecular weight excluding hydrogens is 326 g/mol. The Morgan fingerprint density at radius 3 is 2.62 bits per heavy atom. The Labute approximate surface area is 144 Å². The molecule has 0 aliphatic carbocycles. The summed E-state index contributed by atoms with van der Waals surface area (Å²) in [5, 5.41) is 10.8. The Hall–Kier alpha value is -2.92. The second-order valence-electron chi connectivity index (χ2n) is 5.01. The lowest BCUT2D eigenvalue weighted by Gasteiger charge is -1.97. The van der Waals surface area contributed by atoms with E-state index < -0.39 is 0 Å². The number of carbonyl (C=O) groups excluding carboxylic acids is 1. The van der Waals surface area contributed by atoms with Gasteiger partial charge in [0.2, 0.25) is 5.89 Å². The standard InChI is InChI=1S/C18H14ClN3O2/c19-15-9-5-4-8-14(15)10-11-16(23)20-18-22-21-17(24-18)12-13-6-2-1-3-7-13/h1-11H,12H2,(H,20,22,23). The number of aromatic nitrogens is 2. The summed E-state index contributed by atoms with van der Waals surface area (Å²) in [4.78, 5) is 11.9. The summed E-state index contributed by atoms with van der Waals surface area (Å²) in [7, 11) is 0. The van der Waals surface area contributed by atoms with Crippen LogP contribution in [0.3, 0.4) is 0 Å². The van der Waals surface area contributed by atoms with Crippen LogP contribution in [0.15, 0.2) is 65.1 Å². The molecule has 120 valence electrons. The molecule has 0 saturated heterocycles.